The normalized spacial score (nSPS) is 21.5. The molecule has 0 spiro atoms. The highest BCUT2D eigenvalue weighted by molar-refractivity contribution is 5.93. The predicted molar refractivity (Wildman–Crippen MR) is 97.4 cm³/mol. The summed E-state index contributed by atoms with van der Waals surface area (Å²) in [5, 5.41) is 0. The molecular formula is C19H33N3O2. The van der Waals surface area contributed by atoms with E-state index in [1.54, 1.807) is 11.8 Å². The lowest BCUT2D eigenvalue weighted by molar-refractivity contribution is -0.128. The van der Waals surface area contributed by atoms with Gasteiger partial charge >= 0.3 is 6.02 Å². The van der Waals surface area contributed by atoms with E-state index in [0.717, 1.165) is 31.4 Å². The van der Waals surface area contributed by atoms with Gasteiger partial charge in [0.05, 0.1) is 6.04 Å². The van der Waals surface area contributed by atoms with Crippen molar-refractivity contribution in [3.8, 4) is 0 Å². The van der Waals surface area contributed by atoms with E-state index in [1.165, 1.54) is 38.5 Å². The summed E-state index contributed by atoms with van der Waals surface area (Å²) in [4.78, 5) is 24.8. The second-order valence-electron chi connectivity index (χ2n) is 7.06. The lowest BCUT2D eigenvalue weighted by atomic mass is 9.94. The molecule has 5 nitrogen and oxygen atoms in total. The number of rotatable bonds is 4. The summed E-state index contributed by atoms with van der Waals surface area (Å²) in [5.41, 5.74) is 3.85. The zero-order valence-corrected chi connectivity index (χ0v) is 15.5. The highest BCUT2D eigenvalue weighted by Crippen LogP contribution is 2.25. The van der Waals surface area contributed by atoms with Gasteiger partial charge in [0.1, 0.15) is 0 Å². The van der Waals surface area contributed by atoms with Crippen molar-refractivity contribution in [3.63, 3.8) is 0 Å². The number of amides is 1. The van der Waals surface area contributed by atoms with Gasteiger partial charge in [0.2, 0.25) is 5.91 Å². The van der Waals surface area contributed by atoms with Gasteiger partial charge in [-0.1, -0.05) is 44.6 Å². The van der Waals surface area contributed by atoms with Gasteiger partial charge in [0, 0.05) is 18.7 Å². The molecule has 2 aliphatic carbocycles. The molecule has 2 saturated carbocycles. The molecule has 136 valence electrons. The van der Waals surface area contributed by atoms with Crippen LogP contribution in [-0.4, -0.2) is 28.9 Å². The van der Waals surface area contributed by atoms with Crippen LogP contribution >= 0.6 is 0 Å². The molecule has 0 aromatic carbocycles. The van der Waals surface area contributed by atoms with E-state index < -0.39 is 0 Å². The highest BCUT2D eigenvalue weighted by Gasteiger charge is 2.30. The van der Waals surface area contributed by atoms with Crippen LogP contribution < -0.4 is 5.48 Å². The van der Waals surface area contributed by atoms with Crippen molar-refractivity contribution in [3.05, 3.63) is 11.8 Å². The molecule has 2 aliphatic rings. The second kappa shape index (κ2) is 9.70. The third kappa shape index (κ3) is 5.53. The van der Waals surface area contributed by atoms with E-state index in [9.17, 15) is 4.79 Å². The Bertz CT molecular complexity index is 461. The topological polar surface area (TPSA) is 53.9 Å². The predicted octanol–water partition coefficient (Wildman–Crippen LogP) is 4.30. The number of amidine groups is 1. The van der Waals surface area contributed by atoms with Gasteiger partial charge in [0.25, 0.3) is 0 Å². The molecule has 2 rings (SSSR count). The lowest BCUT2D eigenvalue weighted by Crippen LogP contribution is -2.47. The van der Waals surface area contributed by atoms with Crippen LogP contribution in [0.25, 0.3) is 0 Å². The maximum absolute atomic E-state index is 12.4. The minimum Gasteiger partial charge on any atom is -0.343 e. The van der Waals surface area contributed by atoms with E-state index in [-0.39, 0.29) is 18.0 Å². The largest absolute Gasteiger partial charge is 0.343 e. The van der Waals surface area contributed by atoms with Crippen molar-refractivity contribution in [1.29, 1.82) is 0 Å². The van der Waals surface area contributed by atoms with Crippen molar-refractivity contribution < 1.29 is 9.63 Å². The molecule has 1 N–H and O–H groups in total. The van der Waals surface area contributed by atoms with E-state index in [0.29, 0.717) is 6.02 Å². The van der Waals surface area contributed by atoms with Crippen molar-refractivity contribution in [2.75, 3.05) is 0 Å². The number of hydroxylamine groups is 1. The van der Waals surface area contributed by atoms with E-state index >= 15 is 0 Å². The van der Waals surface area contributed by atoms with Gasteiger partial charge in [0.15, 0.2) is 0 Å². The first-order valence-electron chi connectivity index (χ1n) is 9.55. The average Bonchev–Trinajstić information content (AvgIpc) is 2.61. The first-order valence-corrected chi connectivity index (χ1v) is 9.55. The number of carbonyl (C=O) groups excluding carboxylic acids is 1. The summed E-state index contributed by atoms with van der Waals surface area (Å²) in [5.74, 6) is 0.0244. The molecule has 0 saturated heterocycles. The van der Waals surface area contributed by atoms with Gasteiger partial charge in [-0.3, -0.25) is 9.69 Å². The Morgan fingerprint density at radius 1 is 1.04 bits per heavy atom. The van der Waals surface area contributed by atoms with Crippen LogP contribution in [0.5, 0.6) is 0 Å². The second-order valence-corrected chi connectivity index (χ2v) is 7.06. The molecule has 0 aliphatic heterocycles. The van der Waals surface area contributed by atoms with Gasteiger partial charge < -0.3 is 4.84 Å². The molecule has 2 fully saturated rings. The first-order chi connectivity index (χ1) is 11.6. The lowest BCUT2D eigenvalue weighted by Gasteiger charge is -2.34. The van der Waals surface area contributed by atoms with Gasteiger partial charge in [-0.15, -0.1) is 0 Å². The van der Waals surface area contributed by atoms with Crippen LogP contribution in [0.2, 0.25) is 0 Å². The Balaban J connectivity index is 2.18. The van der Waals surface area contributed by atoms with Crippen molar-refractivity contribution in [2.24, 2.45) is 4.99 Å². The molecule has 0 aromatic rings. The Labute approximate surface area is 146 Å². The van der Waals surface area contributed by atoms with E-state index in [1.807, 2.05) is 19.9 Å². The smallest absolute Gasteiger partial charge is 0.321 e. The fourth-order valence-corrected chi connectivity index (χ4v) is 3.58. The summed E-state index contributed by atoms with van der Waals surface area (Å²) in [7, 11) is 0. The molecule has 0 heterocycles. The molecule has 0 bridgehead atoms. The number of allylic oxidation sites excluding steroid dienone is 2. The average molecular weight is 335 g/mol. The highest BCUT2D eigenvalue weighted by atomic mass is 16.7. The Morgan fingerprint density at radius 2 is 1.62 bits per heavy atom. The maximum Gasteiger partial charge on any atom is 0.321 e. The minimum absolute atomic E-state index is 0.0244. The number of carbonyl (C=O) groups is 1. The summed E-state index contributed by atoms with van der Waals surface area (Å²) in [6, 6.07) is 0.945. The minimum atomic E-state index is 0.0244. The van der Waals surface area contributed by atoms with E-state index in [4.69, 9.17) is 9.83 Å². The maximum atomic E-state index is 12.4. The molecule has 0 aromatic heterocycles. The Kier molecular flexibility index (Phi) is 7.60. The fraction of sp³-hybridized carbons (Fsp3) is 0.789. The quantitative estimate of drug-likeness (QED) is 0.473. The first kappa shape index (κ1) is 18.8. The molecule has 1 amide bonds. The van der Waals surface area contributed by atoms with Crippen molar-refractivity contribution >= 4 is 11.9 Å². The molecule has 5 heteroatoms. The molecule has 0 atom stereocenters. The SMILES string of the molecule is C/C=C(\C)NOC(=NC1CCCCC1)N(C(C)=O)C1CCCCC1. The summed E-state index contributed by atoms with van der Waals surface area (Å²) in [6.45, 7) is 5.52. The molecule has 24 heavy (non-hydrogen) atoms. The number of nitrogens with zero attached hydrogens (tertiary/aromatic N) is 2. The molecule has 0 unspecified atom stereocenters. The Morgan fingerprint density at radius 3 is 2.17 bits per heavy atom. The zero-order valence-electron chi connectivity index (χ0n) is 15.5. The summed E-state index contributed by atoms with van der Waals surface area (Å²) >= 11 is 0. The van der Waals surface area contributed by atoms with Gasteiger partial charge in [-0.25, -0.2) is 10.5 Å². The zero-order chi connectivity index (χ0) is 17.4. The van der Waals surface area contributed by atoms with Crippen LogP contribution in [0.1, 0.15) is 85.0 Å². The van der Waals surface area contributed by atoms with Crippen LogP contribution in [0.15, 0.2) is 16.8 Å². The molecular weight excluding hydrogens is 302 g/mol. The van der Waals surface area contributed by atoms with E-state index in [2.05, 4.69) is 5.48 Å². The van der Waals surface area contributed by atoms with Crippen LogP contribution in [0, 0.1) is 0 Å². The standard InChI is InChI=1S/C19H33N3O2/c1-4-15(2)21-24-19(20-17-11-7-5-8-12-17)22(16(3)23)18-13-9-6-10-14-18/h4,17-18,21H,5-14H2,1-3H3/b15-4+,20-19?. The third-order valence-electron chi connectivity index (χ3n) is 5.09. The van der Waals surface area contributed by atoms with Crippen molar-refractivity contribution in [2.45, 2.75) is 97.1 Å². The fourth-order valence-electron chi connectivity index (χ4n) is 3.58. The Hall–Kier alpha value is -1.52. The third-order valence-corrected chi connectivity index (χ3v) is 5.09. The van der Waals surface area contributed by atoms with Crippen LogP contribution in [0.3, 0.4) is 0 Å². The number of aliphatic imine (C=N–C) groups is 1. The molecule has 0 radical (unpaired) electrons. The number of hydrogen-bond donors (Lipinski definition) is 1. The monoisotopic (exact) mass is 335 g/mol. The summed E-state index contributed by atoms with van der Waals surface area (Å²) in [6.07, 6.45) is 13.5. The number of hydrogen-bond acceptors (Lipinski definition) is 4. The van der Waals surface area contributed by atoms with Crippen LogP contribution in [-0.2, 0) is 9.63 Å². The van der Waals surface area contributed by atoms with Gasteiger partial charge in [-0.2, -0.15) is 0 Å². The summed E-state index contributed by atoms with van der Waals surface area (Å²) < 4.78 is 0. The van der Waals surface area contributed by atoms with Gasteiger partial charge in [-0.05, 0) is 39.5 Å². The number of nitrogens with one attached hydrogen (secondary N) is 1. The van der Waals surface area contributed by atoms with Crippen LogP contribution in [0.4, 0.5) is 0 Å². The van der Waals surface area contributed by atoms with Crippen molar-refractivity contribution in [1.82, 2.24) is 10.4 Å².